The lowest BCUT2D eigenvalue weighted by molar-refractivity contribution is -0.137. The molecule has 3 rings (SSSR count). The Labute approximate surface area is 198 Å². The number of amides is 1. The first-order chi connectivity index (χ1) is 14.9. The zero-order chi connectivity index (χ0) is 23.5. The minimum Gasteiger partial charge on any atom is -0.337 e. The van der Waals surface area contributed by atoms with E-state index in [1.54, 1.807) is 30.1 Å². The summed E-state index contributed by atoms with van der Waals surface area (Å²) < 4.78 is 62.4. The molecule has 1 fully saturated rings. The van der Waals surface area contributed by atoms with Crippen molar-refractivity contribution in [2.24, 2.45) is 0 Å². The number of likely N-dealkylation sites (N-methyl/N-ethyl adjacent to an activating group) is 1. The Balaban J connectivity index is 0.00000385. The van der Waals surface area contributed by atoms with Crippen molar-refractivity contribution in [3.05, 3.63) is 65.2 Å². The molecular formula is C23H28ClF3N2O3S. The van der Waals surface area contributed by atoms with E-state index in [9.17, 15) is 26.4 Å². The number of rotatable bonds is 7. The van der Waals surface area contributed by atoms with Crippen LogP contribution < -0.4 is 0 Å². The van der Waals surface area contributed by atoms with Crippen LogP contribution in [0.15, 0.2) is 53.4 Å². The molecule has 0 saturated carbocycles. The van der Waals surface area contributed by atoms with E-state index in [1.165, 1.54) is 18.2 Å². The van der Waals surface area contributed by atoms with Crippen molar-refractivity contribution in [1.82, 2.24) is 9.80 Å². The summed E-state index contributed by atoms with van der Waals surface area (Å²) in [4.78, 5) is 17.0. The largest absolute Gasteiger partial charge is 0.416 e. The molecular weight excluding hydrogens is 477 g/mol. The van der Waals surface area contributed by atoms with Gasteiger partial charge in [-0.15, -0.1) is 12.4 Å². The number of benzene rings is 2. The Kier molecular flexibility index (Phi) is 8.95. The minimum absolute atomic E-state index is 0. The fourth-order valence-electron chi connectivity index (χ4n) is 3.90. The first-order valence-electron chi connectivity index (χ1n) is 10.4. The van der Waals surface area contributed by atoms with Crippen molar-refractivity contribution in [2.75, 3.05) is 32.9 Å². The second-order valence-electron chi connectivity index (χ2n) is 8.24. The SMILES string of the molecule is CN(C(=O)Cc1ccc(C(F)(F)F)cc1)C(CN1CCCC1)c1cccc(S(C)(=O)=O)c1.Cl. The van der Waals surface area contributed by atoms with E-state index in [1.807, 2.05) is 0 Å². The molecule has 0 radical (unpaired) electrons. The van der Waals surface area contributed by atoms with Crippen LogP contribution in [0.1, 0.15) is 35.6 Å². The number of carbonyl (C=O) groups excluding carboxylic acids is 1. The molecule has 182 valence electrons. The highest BCUT2D eigenvalue weighted by atomic mass is 35.5. The molecule has 33 heavy (non-hydrogen) atoms. The molecule has 0 N–H and O–H groups in total. The van der Waals surface area contributed by atoms with Gasteiger partial charge in [0.05, 0.1) is 22.9 Å². The molecule has 1 amide bonds. The van der Waals surface area contributed by atoms with Crippen molar-refractivity contribution >= 4 is 28.2 Å². The van der Waals surface area contributed by atoms with Gasteiger partial charge >= 0.3 is 6.18 Å². The van der Waals surface area contributed by atoms with Gasteiger partial charge in [-0.05, 0) is 61.3 Å². The van der Waals surface area contributed by atoms with E-state index >= 15 is 0 Å². The van der Waals surface area contributed by atoms with Crippen LogP contribution in [0.2, 0.25) is 0 Å². The summed E-state index contributed by atoms with van der Waals surface area (Å²) in [6, 6.07) is 10.8. The molecule has 1 atom stereocenters. The summed E-state index contributed by atoms with van der Waals surface area (Å²) >= 11 is 0. The van der Waals surface area contributed by atoms with Crippen LogP contribution in [0.4, 0.5) is 13.2 Å². The fraction of sp³-hybridized carbons (Fsp3) is 0.435. The second kappa shape index (κ2) is 10.9. The van der Waals surface area contributed by atoms with Crippen LogP contribution in [0.5, 0.6) is 0 Å². The number of halogens is 4. The molecule has 1 aliphatic heterocycles. The third-order valence-electron chi connectivity index (χ3n) is 5.80. The van der Waals surface area contributed by atoms with Gasteiger partial charge in [-0.25, -0.2) is 8.42 Å². The van der Waals surface area contributed by atoms with Crippen molar-refractivity contribution in [3.63, 3.8) is 0 Å². The molecule has 0 aliphatic carbocycles. The number of hydrogen-bond donors (Lipinski definition) is 0. The first-order valence-corrected chi connectivity index (χ1v) is 12.3. The van der Waals surface area contributed by atoms with Crippen LogP contribution in [0, 0.1) is 0 Å². The third-order valence-corrected chi connectivity index (χ3v) is 6.91. The number of likely N-dealkylation sites (tertiary alicyclic amines) is 1. The zero-order valence-corrected chi connectivity index (χ0v) is 20.1. The third kappa shape index (κ3) is 7.19. The molecule has 10 heteroatoms. The normalized spacial score (nSPS) is 15.7. The fourth-order valence-corrected chi connectivity index (χ4v) is 4.57. The van der Waals surface area contributed by atoms with Crippen LogP contribution in [-0.4, -0.2) is 57.1 Å². The molecule has 0 bridgehead atoms. The van der Waals surface area contributed by atoms with E-state index < -0.39 is 21.6 Å². The lowest BCUT2D eigenvalue weighted by atomic mass is 10.0. The minimum atomic E-state index is -4.43. The van der Waals surface area contributed by atoms with Gasteiger partial charge < -0.3 is 9.80 Å². The van der Waals surface area contributed by atoms with Gasteiger partial charge in [0.25, 0.3) is 0 Å². The Morgan fingerprint density at radius 1 is 1.09 bits per heavy atom. The van der Waals surface area contributed by atoms with E-state index in [4.69, 9.17) is 0 Å². The monoisotopic (exact) mass is 504 g/mol. The Morgan fingerprint density at radius 3 is 2.24 bits per heavy atom. The quantitative estimate of drug-likeness (QED) is 0.562. The average Bonchev–Trinajstić information content (AvgIpc) is 3.24. The van der Waals surface area contributed by atoms with E-state index in [0.717, 1.165) is 44.3 Å². The van der Waals surface area contributed by atoms with Gasteiger partial charge in [0.15, 0.2) is 9.84 Å². The van der Waals surface area contributed by atoms with E-state index in [2.05, 4.69) is 4.90 Å². The number of nitrogens with zero attached hydrogens (tertiary/aromatic N) is 2. The van der Waals surface area contributed by atoms with Gasteiger partial charge in [-0.2, -0.15) is 13.2 Å². The maximum atomic E-state index is 13.0. The summed E-state index contributed by atoms with van der Waals surface area (Å²) in [5.74, 6) is -0.251. The lowest BCUT2D eigenvalue weighted by Crippen LogP contribution is -2.39. The summed E-state index contributed by atoms with van der Waals surface area (Å²) in [5, 5.41) is 0. The molecule has 1 heterocycles. The van der Waals surface area contributed by atoms with Gasteiger partial charge in [0, 0.05) is 19.8 Å². The molecule has 1 aliphatic rings. The molecule has 2 aromatic rings. The van der Waals surface area contributed by atoms with Gasteiger partial charge in [-0.3, -0.25) is 4.79 Å². The highest BCUT2D eigenvalue weighted by molar-refractivity contribution is 7.90. The Bertz CT molecular complexity index is 1050. The van der Waals surface area contributed by atoms with Crippen molar-refractivity contribution < 1.29 is 26.4 Å². The van der Waals surface area contributed by atoms with E-state index in [-0.39, 0.29) is 35.7 Å². The summed E-state index contributed by atoms with van der Waals surface area (Å²) in [6.07, 6.45) is -1.19. The standard InChI is InChI=1S/C23H27F3N2O3S.ClH/c1-27(22(29)14-17-8-10-19(11-9-17)23(24,25)26)21(16-28-12-3-4-13-28)18-6-5-7-20(15-18)32(2,30)31;/h5-11,15,21H,3-4,12-14,16H2,1-2H3;1H. The predicted molar refractivity (Wildman–Crippen MR) is 123 cm³/mol. The zero-order valence-electron chi connectivity index (χ0n) is 18.5. The van der Waals surface area contributed by atoms with Crippen molar-refractivity contribution in [1.29, 1.82) is 0 Å². The Hall–Kier alpha value is -2.10. The van der Waals surface area contributed by atoms with Gasteiger partial charge in [-0.1, -0.05) is 24.3 Å². The number of carbonyl (C=O) groups is 1. The van der Waals surface area contributed by atoms with E-state index in [0.29, 0.717) is 17.7 Å². The second-order valence-corrected chi connectivity index (χ2v) is 10.3. The van der Waals surface area contributed by atoms with Gasteiger partial charge in [0.1, 0.15) is 0 Å². The van der Waals surface area contributed by atoms with Gasteiger partial charge in [0.2, 0.25) is 5.91 Å². The van der Waals surface area contributed by atoms with Crippen LogP contribution >= 0.6 is 12.4 Å². The molecule has 2 aromatic carbocycles. The number of hydrogen-bond acceptors (Lipinski definition) is 4. The summed E-state index contributed by atoms with van der Waals surface area (Å²) in [6.45, 7) is 2.37. The summed E-state index contributed by atoms with van der Waals surface area (Å²) in [5.41, 5.74) is 0.439. The van der Waals surface area contributed by atoms with Crippen LogP contribution in [0.25, 0.3) is 0 Å². The first kappa shape index (κ1) is 27.1. The molecule has 0 aromatic heterocycles. The predicted octanol–water partition coefficient (Wildman–Crippen LogP) is 4.37. The van der Waals surface area contributed by atoms with Crippen LogP contribution in [-0.2, 0) is 27.2 Å². The highest BCUT2D eigenvalue weighted by Crippen LogP contribution is 2.30. The topological polar surface area (TPSA) is 57.7 Å². The summed E-state index contributed by atoms with van der Waals surface area (Å²) in [7, 11) is -1.75. The maximum Gasteiger partial charge on any atom is 0.416 e. The van der Waals surface area contributed by atoms with Crippen LogP contribution in [0.3, 0.4) is 0 Å². The molecule has 0 spiro atoms. The van der Waals surface area contributed by atoms with Crippen molar-refractivity contribution in [2.45, 2.75) is 36.4 Å². The maximum absolute atomic E-state index is 13.0. The lowest BCUT2D eigenvalue weighted by Gasteiger charge is -2.32. The average molecular weight is 505 g/mol. The number of sulfone groups is 1. The molecule has 1 unspecified atom stereocenters. The highest BCUT2D eigenvalue weighted by Gasteiger charge is 2.30. The smallest absolute Gasteiger partial charge is 0.337 e. The van der Waals surface area contributed by atoms with Crippen molar-refractivity contribution in [3.8, 4) is 0 Å². The molecule has 5 nitrogen and oxygen atoms in total. The molecule has 1 saturated heterocycles. The number of alkyl halides is 3. The Morgan fingerprint density at radius 2 is 1.70 bits per heavy atom.